The fourth-order valence-corrected chi connectivity index (χ4v) is 3.44. The Morgan fingerprint density at radius 3 is 2.83 bits per heavy atom. The fraction of sp³-hybridized carbons (Fsp3) is 0.211. The molecule has 0 fully saturated rings. The molecular formula is C19H18ClN3O. The Bertz CT molecular complexity index is 918. The summed E-state index contributed by atoms with van der Waals surface area (Å²) in [6.45, 7) is 2.13. The molecule has 0 saturated carbocycles. The Balaban J connectivity index is 1.66. The number of carbonyl (C=O) groups excluding carboxylic acids is 1. The maximum atomic E-state index is 13.0. The zero-order valence-corrected chi connectivity index (χ0v) is 14.2. The number of amides is 1. The van der Waals surface area contributed by atoms with Crippen LogP contribution in [0.25, 0.3) is 10.9 Å². The van der Waals surface area contributed by atoms with Crippen molar-refractivity contribution in [3.05, 3.63) is 64.8 Å². The van der Waals surface area contributed by atoms with Crippen LogP contribution in [0, 0.1) is 0 Å². The molecule has 24 heavy (non-hydrogen) atoms. The van der Waals surface area contributed by atoms with Gasteiger partial charge in [0.25, 0.3) is 5.91 Å². The van der Waals surface area contributed by atoms with E-state index in [4.69, 9.17) is 11.6 Å². The molecule has 5 heteroatoms. The van der Waals surface area contributed by atoms with Crippen molar-refractivity contribution in [3.8, 4) is 0 Å². The fourth-order valence-electron chi connectivity index (χ4n) is 3.26. The SMILES string of the molecule is CN1CCN(C(=O)c2cc3cc(Cl)ccc3[nH]2)Cc2ccccc21. The van der Waals surface area contributed by atoms with Gasteiger partial charge in [0.05, 0.1) is 0 Å². The van der Waals surface area contributed by atoms with Gasteiger partial charge in [-0.25, -0.2) is 0 Å². The first kappa shape index (κ1) is 15.1. The second-order valence-corrected chi connectivity index (χ2v) is 6.63. The quantitative estimate of drug-likeness (QED) is 0.730. The summed E-state index contributed by atoms with van der Waals surface area (Å²) in [5, 5.41) is 1.63. The molecule has 0 atom stereocenters. The van der Waals surface area contributed by atoms with Crippen molar-refractivity contribution in [1.29, 1.82) is 0 Å². The molecule has 3 aromatic rings. The maximum absolute atomic E-state index is 13.0. The van der Waals surface area contributed by atoms with Gasteiger partial charge in [0.1, 0.15) is 5.69 Å². The number of likely N-dealkylation sites (N-methyl/N-ethyl adjacent to an activating group) is 1. The lowest BCUT2D eigenvalue weighted by molar-refractivity contribution is 0.0747. The van der Waals surface area contributed by atoms with Gasteiger partial charge in [0.2, 0.25) is 0 Å². The first-order chi connectivity index (χ1) is 11.6. The number of para-hydroxylation sites is 1. The van der Waals surface area contributed by atoms with Gasteiger partial charge in [-0.15, -0.1) is 0 Å². The Labute approximate surface area is 145 Å². The molecule has 122 valence electrons. The molecule has 1 amide bonds. The minimum atomic E-state index is 0.0208. The van der Waals surface area contributed by atoms with Gasteiger partial charge in [-0.05, 0) is 35.9 Å². The van der Waals surface area contributed by atoms with Crippen LogP contribution in [0.15, 0.2) is 48.5 Å². The molecule has 1 aliphatic heterocycles. The highest BCUT2D eigenvalue weighted by molar-refractivity contribution is 6.31. The van der Waals surface area contributed by atoms with Crippen molar-refractivity contribution in [3.63, 3.8) is 0 Å². The first-order valence-electron chi connectivity index (χ1n) is 7.98. The van der Waals surface area contributed by atoms with E-state index in [-0.39, 0.29) is 5.91 Å². The molecule has 4 rings (SSSR count). The summed E-state index contributed by atoms with van der Waals surface area (Å²) in [5.41, 5.74) is 3.89. The molecule has 0 aliphatic carbocycles. The Kier molecular flexibility index (Phi) is 3.69. The molecule has 0 radical (unpaired) electrons. The van der Waals surface area contributed by atoms with Crippen LogP contribution in [0.1, 0.15) is 16.1 Å². The van der Waals surface area contributed by atoms with E-state index in [2.05, 4.69) is 29.1 Å². The third-order valence-corrected chi connectivity index (χ3v) is 4.80. The van der Waals surface area contributed by atoms with Crippen molar-refractivity contribution in [2.75, 3.05) is 25.0 Å². The van der Waals surface area contributed by atoms with Crippen molar-refractivity contribution < 1.29 is 4.79 Å². The number of hydrogen-bond acceptors (Lipinski definition) is 2. The lowest BCUT2D eigenvalue weighted by atomic mass is 10.1. The Morgan fingerprint density at radius 1 is 1.12 bits per heavy atom. The molecular weight excluding hydrogens is 322 g/mol. The van der Waals surface area contributed by atoms with E-state index < -0.39 is 0 Å². The lowest BCUT2D eigenvalue weighted by Gasteiger charge is -2.20. The molecule has 0 unspecified atom stereocenters. The highest BCUT2D eigenvalue weighted by Crippen LogP contribution is 2.25. The van der Waals surface area contributed by atoms with Crippen LogP contribution in [0.5, 0.6) is 0 Å². The summed E-state index contributed by atoms with van der Waals surface area (Å²) in [6.07, 6.45) is 0. The first-order valence-corrected chi connectivity index (χ1v) is 8.36. The van der Waals surface area contributed by atoms with Gasteiger partial charge in [0, 0.05) is 48.3 Å². The normalized spacial score (nSPS) is 14.6. The summed E-state index contributed by atoms with van der Waals surface area (Å²) in [6, 6.07) is 15.7. The predicted molar refractivity (Wildman–Crippen MR) is 97.8 cm³/mol. The molecule has 2 heterocycles. The van der Waals surface area contributed by atoms with E-state index in [1.54, 1.807) is 0 Å². The molecule has 4 nitrogen and oxygen atoms in total. The second-order valence-electron chi connectivity index (χ2n) is 6.19. The average molecular weight is 340 g/mol. The number of rotatable bonds is 1. The molecule has 2 aromatic carbocycles. The van der Waals surface area contributed by atoms with Crippen LogP contribution < -0.4 is 4.90 Å². The number of hydrogen-bond donors (Lipinski definition) is 1. The van der Waals surface area contributed by atoms with Gasteiger partial charge < -0.3 is 14.8 Å². The van der Waals surface area contributed by atoms with Gasteiger partial charge in [0.15, 0.2) is 0 Å². The number of halogens is 1. The van der Waals surface area contributed by atoms with Crippen LogP contribution in [-0.4, -0.2) is 35.9 Å². The minimum Gasteiger partial charge on any atom is -0.373 e. The largest absolute Gasteiger partial charge is 0.373 e. The van der Waals surface area contributed by atoms with Crippen LogP contribution in [0.3, 0.4) is 0 Å². The summed E-state index contributed by atoms with van der Waals surface area (Å²) >= 11 is 6.04. The average Bonchev–Trinajstić information content (AvgIpc) is 2.93. The molecule has 0 spiro atoms. The summed E-state index contributed by atoms with van der Waals surface area (Å²) in [4.78, 5) is 20.3. The van der Waals surface area contributed by atoms with Gasteiger partial charge in [-0.2, -0.15) is 0 Å². The molecule has 0 bridgehead atoms. The number of nitrogens with one attached hydrogen (secondary N) is 1. The van der Waals surface area contributed by atoms with E-state index in [1.165, 1.54) is 11.3 Å². The number of nitrogens with zero attached hydrogens (tertiary/aromatic N) is 2. The van der Waals surface area contributed by atoms with E-state index in [0.29, 0.717) is 23.8 Å². The summed E-state index contributed by atoms with van der Waals surface area (Å²) in [7, 11) is 2.07. The lowest BCUT2D eigenvalue weighted by Crippen LogP contribution is -2.34. The number of fused-ring (bicyclic) bond motifs is 2. The van der Waals surface area contributed by atoms with Crippen LogP contribution in [0.2, 0.25) is 5.02 Å². The zero-order chi connectivity index (χ0) is 16.7. The summed E-state index contributed by atoms with van der Waals surface area (Å²) < 4.78 is 0. The van der Waals surface area contributed by atoms with Crippen LogP contribution in [-0.2, 0) is 6.54 Å². The molecule has 1 N–H and O–H groups in total. The van der Waals surface area contributed by atoms with Crippen molar-refractivity contribution in [2.45, 2.75) is 6.54 Å². The molecule has 1 aliphatic rings. The highest BCUT2D eigenvalue weighted by atomic mass is 35.5. The monoisotopic (exact) mass is 339 g/mol. The third kappa shape index (κ3) is 2.63. The van der Waals surface area contributed by atoms with E-state index in [9.17, 15) is 4.79 Å². The van der Waals surface area contributed by atoms with Gasteiger partial charge >= 0.3 is 0 Å². The van der Waals surface area contributed by atoms with Crippen molar-refractivity contribution in [1.82, 2.24) is 9.88 Å². The zero-order valence-electron chi connectivity index (χ0n) is 13.4. The number of H-pyrrole nitrogens is 1. The van der Waals surface area contributed by atoms with Crippen LogP contribution >= 0.6 is 11.6 Å². The standard InChI is InChI=1S/C19H18ClN3O/c1-22-8-9-23(12-13-4-2-3-5-18(13)22)19(24)17-11-14-10-15(20)6-7-16(14)21-17/h2-7,10-11,21H,8-9,12H2,1H3. The van der Waals surface area contributed by atoms with E-state index in [0.717, 1.165) is 17.4 Å². The highest BCUT2D eigenvalue weighted by Gasteiger charge is 2.23. The third-order valence-electron chi connectivity index (χ3n) is 4.57. The van der Waals surface area contributed by atoms with Gasteiger partial charge in [-0.1, -0.05) is 29.8 Å². The van der Waals surface area contributed by atoms with E-state index >= 15 is 0 Å². The number of carbonyl (C=O) groups is 1. The van der Waals surface area contributed by atoms with Gasteiger partial charge in [-0.3, -0.25) is 4.79 Å². The Morgan fingerprint density at radius 2 is 1.96 bits per heavy atom. The topological polar surface area (TPSA) is 39.3 Å². The second kappa shape index (κ2) is 5.87. The Hall–Kier alpha value is -2.46. The minimum absolute atomic E-state index is 0.0208. The van der Waals surface area contributed by atoms with Crippen LogP contribution in [0.4, 0.5) is 5.69 Å². The predicted octanol–water partition coefficient (Wildman–Crippen LogP) is 3.91. The number of anilines is 1. The maximum Gasteiger partial charge on any atom is 0.270 e. The number of benzene rings is 2. The number of aromatic amines is 1. The van der Waals surface area contributed by atoms with E-state index in [1.807, 2.05) is 41.3 Å². The number of aromatic nitrogens is 1. The van der Waals surface area contributed by atoms with Crippen molar-refractivity contribution in [2.24, 2.45) is 0 Å². The smallest absolute Gasteiger partial charge is 0.270 e. The van der Waals surface area contributed by atoms with Crippen molar-refractivity contribution >= 4 is 34.1 Å². The molecule has 0 saturated heterocycles. The molecule has 1 aromatic heterocycles. The summed E-state index contributed by atoms with van der Waals surface area (Å²) in [5.74, 6) is 0.0208.